The molecule has 0 saturated carbocycles. The van der Waals surface area contributed by atoms with E-state index < -0.39 is 16.0 Å². The Bertz CT molecular complexity index is 720. The lowest BCUT2D eigenvalue weighted by atomic mass is 10.2. The lowest BCUT2D eigenvalue weighted by molar-refractivity contribution is 0.143. The fraction of sp³-hybridized carbons (Fsp3) is 0.0909. The predicted octanol–water partition coefficient (Wildman–Crippen LogP) is 2.27. The van der Waals surface area contributed by atoms with Gasteiger partial charge in [-0.05, 0) is 12.1 Å². The third kappa shape index (κ3) is 3.30. The second-order valence-electron chi connectivity index (χ2n) is 3.66. The van der Waals surface area contributed by atoms with E-state index in [1.165, 1.54) is 28.8 Å². The molecule has 0 radical (unpaired) electrons. The SMILES string of the molecule is CS(=O)(=O)c1cccc(-c2nc(OC(=O)O)cs2)c1. The number of hydrogen-bond acceptors (Lipinski definition) is 6. The molecule has 2 aromatic rings. The van der Waals surface area contributed by atoms with E-state index in [1.54, 1.807) is 12.1 Å². The number of nitrogens with zero attached hydrogens (tertiary/aromatic N) is 1. The molecule has 1 N–H and O–H groups in total. The maximum atomic E-state index is 11.4. The average Bonchev–Trinajstić information content (AvgIpc) is 2.76. The predicted molar refractivity (Wildman–Crippen MR) is 69.3 cm³/mol. The summed E-state index contributed by atoms with van der Waals surface area (Å²) in [7, 11) is -3.29. The van der Waals surface area contributed by atoms with Crippen molar-refractivity contribution in [1.29, 1.82) is 0 Å². The molecule has 0 aliphatic carbocycles. The van der Waals surface area contributed by atoms with Gasteiger partial charge in [-0.15, -0.1) is 11.3 Å². The third-order valence-electron chi connectivity index (χ3n) is 2.18. The minimum Gasteiger partial charge on any atom is -0.449 e. The van der Waals surface area contributed by atoms with Gasteiger partial charge >= 0.3 is 6.16 Å². The van der Waals surface area contributed by atoms with Gasteiger partial charge in [-0.2, -0.15) is 0 Å². The summed E-state index contributed by atoms with van der Waals surface area (Å²) in [5, 5.41) is 10.4. The highest BCUT2D eigenvalue weighted by molar-refractivity contribution is 7.90. The van der Waals surface area contributed by atoms with Gasteiger partial charge in [0.05, 0.1) is 10.3 Å². The first-order chi connectivity index (χ1) is 8.86. The maximum absolute atomic E-state index is 11.4. The molecule has 0 fully saturated rings. The molecule has 0 aliphatic rings. The first-order valence-corrected chi connectivity index (χ1v) is 7.80. The molecule has 1 aromatic heterocycles. The molecule has 0 aliphatic heterocycles. The second kappa shape index (κ2) is 4.98. The number of aromatic nitrogens is 1. The van der Waals surface area contributed by atoms with Crippen LogP contribution in [0.4, 0.5) is 4.79 Å². The van der Waals surface area contributed by atoms with E-state index in [2.05, 4.69) is 9.72 Å². The van der Waals surface area contributed by atoms with Crippen LogP contribution in [-0.4, -0.2) is 30.9 Å². The highest BCUT2D eigenvalue weighted by Crippen LogP contribution is 2.28. The Morgan fingerprint density at radius 1 is 1.42 bits per heavy atom. The molecular weight excluding hydrogens is 290 g/mol. The Hall–Kier alpha value is -1.93. The van der Waals surface area contributed by atoms with Crippen molar-refractivity contribution in [3.05, 3.63) is 29.6 Å². The fourth-order valence-corrected chi connectivity index (χ4v) is 2.77. The molecule has 0 spiro atoms. The van der Waals surface area contributed by atoms with Crippen LogP contribution in [-0.2, 0) is 9.84 Å². The number of carboxylic acid groups (broad SMARTS) is 1. The number of benzene rings is 1. The number of thiazole rings is 1. The van der Waals surface area contributed by atoms with Gasteiger partial charge in [0, 0.05) is 11.8 Å². The van der Waals surface area contributed by atoms with Gasteiger partial charge in [0.15, 0.2) is 9.84 Å². The molecule has 8 heteroatoms. The van der Waals surface area contributed by atoms with Gasteiger partial charge < -0.3 is 9.84 Å². The lowest BCUT2D eigenvalue weighted by Crippen LogP contribution is -2.02. The van der Waals surface area contributed by atoms with Crippen LogP contribution >= 0.6 is 11.3 Å². The topological polar surface area (TPSA) is 93.6 Å². The minimum atomic E-state index is -3.29. The summed E-state index contributed by atoms with van der Waals surface area (Å²) < 4.78 is 27.3. The van der Waals surface area contributed by atoms with Gasteiger partial charge in [0.25, 0.3) is 0 Å². The smallest absolute Gasteiger partial charge is 0.449 e. The highest BCUT2D eigenvalue weighted by Gasteiger charge is 2.12. The van der Waals surface area contributed by atoms with Gasteiger partial charge in [-0.3, -0.25) is 0 Å². The second-order valence-corrected chi connectivity index (χ2v) is 6.53. The highest BCUT2D eigenvalue weighted by atomic mass is 32.2. The van der Waals surface area contributed by atoms with Crippen LogP contribution in [0.3, 0.4) is 0 Å². The number of rotatable bonds is 3. The molecule has 6 nitrogen and oxygen atoms in total. The molecule has 0 saturated heterocycles. The zero-order valence-corrected chi connectivity index (χ0v) is 11.4. The Labute approximate surface area is 113 Å². The van der Waals surface area contributed by atoms with Crippen LogP contribution in [0, 0.1) is 0 Å². The Morgan fingerprint density at radius 3 is 2.79 bits per heavy atom. The van der Waals surface area contributed by atoms with Gasteiger partial charge in [0.1, 0.15) is 5.01 Å². The van der Waals surface area contributed by atoms with Crippen LogP contribution < -0.4 is 4.74 Å². The Kier molecular flexibility index (Phi) is 3.54. The molecule has 0 unspecified atom stereocenters. The van der Waals surface area contributed by atoms with Crippen molar-refractivity contribution in [3.63, 3.8) is 0 Å². The summed E-state index contributed by atoms with van der Waals surface area (Å²) >= 11 is 1.17. The van der Waals surface area contributed by atoms with Gasteiger partial charge in [-0.1, -0.05) is 12.1 Å². The Morgan fingerprint density at radius 2 is 2.16 bits per heavy atom. The summed E-state index contributed by atoms with van der Waals surface area (Å²) in [5.41, 5.74) is 0.591. The van der Waals surface area contributed by atoms with Crippen LogP contribution in [0.15, 0.2) is 34.5 Å². The van der Waals surface area contributed by atoms with Crippen molar-refractivity contribution >= 4 is 27.3 Å². The quantitative estimate of drug-likeness (QED) is 0.874. The van der Waals surface area contributed by atoms with Crippen LogP contribution in [0.5, 0.6) is 5.88 Å². The maximum Gasteiger partial charge on any atom is 0.512 e. The van der Waals surface area contributed by atoms with Crippen molar-refractivity contribution in [2.24, 2.45) is 0 Å². The van der Waals surface area contributed by atoms with Crippen molar-refractivity contribution < 1.29 is 23.1 Å². The zero-order chi connectivity index (χ0) is 14.0. The third-order valence-corrected chi connectivity index (χ3v) is 4.16. The van der Waals surface area contributed by atoms with E-state index in [9.17, 15) is 13.2 Å². The number of carbonyl (C=O) groups is 1. The molecule has 0 amide bonds. The van der Waals surface area contributed by atoms with Crippen molar-refractivity contribution in [3.8, 4) is 16.5 Å². The molecule has 0 bridgehead atoms. The van der Waals surface area contributed by atoms with Crippen LogP contribution in [0.25, 0.3) is 10.6 Å². The molecule has 100 valence electrons. The van der Waals surface area contributed by atoms with E-state index in [0.29, 0.717) is 10.6 Å². The molecular formula is C11H9NO5S2. The van der Waals surface area contributed by atoms with Crippen molar-refractivity contribution in [2.45, 2.75) is 4.90 Å². The number of hydrogen-bond donors (Lipinski definition) is 1. The summed E-state index contributed by atoms with van der Waals surface area (Å²) in [5.74, 6) is -0.0303. The van der Waals surface area contributed by atoms with Gasteiger partial charge in [-0.25, -0.2) is 18.2 Å². The van der Waals surface area contributed by atoms with E-state index >= 15 is 0 Å². The molecule has 2 rings (SSSR count). The zero-order valence-electron chi connectivity index (χ0n) is 9.73. The van der Waals surface area contributed by atoms with Crippen LogP contribution in [0.1, 0.15) is 0 Å². The molecule has 19 heavy (non-hydrogen) atoms. The normalized spacial score (nSPS) is 11.2. The minimum absolute atomic E-state index is 0.0303. The summed E-state index contributed by atoms with van der Waals surface area (Å²) in [6.45, 7) is 0. The standard InChI is InChI=1S/C11H9NO5S2/c1-19(15,16)8-4-2-3-7(5-8)10-12-9(6-18-10)17-11(13)14/h2-6H,1H3,(H,13,14). The summed E-state index contributed by atoms with van der Waals surface area (Å²) in [4.78, 5) is 14.5. The fourth-order valence-electron chi connectivity index (χ4n) is 1.39. The van der Waals surface area contributed by atoms with Crippen molar-refractivity contribution in [1.82, 2.24) is 4.98 Å². The van der Waals surface area contributed by atoms with Crippen LogP contribution in [0.2, 0.25) is 0 Å². The average molecular weight is 299 g/mol. The largest absolute Gasteiger partial charge is 0.512 e. The monoisotopic (exact) mass is 299 g/mol. The van der Waals surface area contributed by atoms with E-state index in [1.807, 2.05) is 0 Å². The first kappa shape index (κ1) is 13.5. The van der Waals surface area contributed by atoms with E-state index in [0.717, 1.165) is 6.26 Å². The molecule has 1 aromatic carbocycles. The first-order valence-electron chi connectivity index (χ1n) is 5.03. The number of ether oxygens (including phenoxy) is 1. The number of sulfone groups is 1. The molecule has 0 atom stereocenters. The summed E-state index contributed by atoms with van der Waals surface area (Å²) in [6.07, 6.45) is -0.325. The molecule has 1 heterocycles. The van der Waals surface area contributed by atoms with E-state index in [-0.39, 0.29) is 10.8 Å². The van der Waals surface area contributed by atoms with Gasteiger partial charge in [0.2, 0.25) is 5.88 Å². The van der Waals surface area contributed by atoms with Crippen molar-refractivity contribution in [2.75, 3.05) is 6.26 Å². The van der Waals surface area contributed by atoms with E-state index in [4.69, 9.17) is 5.11 Å². The summed E-state index contributed by atoms with van der Waals surface area (Å²) in [6, 6.07) is 6.27. The lowest BCUT2D eigenvalue weighted by Gasteiger charge is -2.00. The Balaban J connectivity index is 2.37.